The van der Waals surface area contributed by atoms with Crippen LogP contribution in [0.3, 0.4) is 0 Å². The van der Waals surface area contributed by atoms with Gasteiger partial charge in [-0.3, -0.25) is 14.4 Å². The van der Waals surface area contributed by atoms with Crippen LogP contribution in [0.4, 0.5) is 0 Å². The van der Waals surface area contributed by atoms with E-state index in [1.807, 2.05) is 19.1 Å². The predicted molar refractivity (Wildman–Crippen MR) is 150 cm³/mol. The molecule has 0 bridgehead atoms. The number of likely N-dealkylation sites (tertiary alicyclic amines) is 1. The minimum absolute atomic E-state index is 0.0222. The van der Waals surface area contributed by atoms with E-state index < -0.39 is 6.10 Å². The maximum atomic E-state index is 12.5. The lowest BCUT2D eigenvalue weighted by Crippen LogP contribution is -2.37. The Balaban J connectivity index is 1.46. The van der Waals surface area contributed by atoms with Gasteiger partial charge in [0.2, 0.25) is 17.7 Å². The molecular formula is C30H49N3O5. The molecule has 214 valence electrons. The number of β-amino-alcohol motifs (C(OH)–C–C–N with tert-alkyl or cyclic N) is 1. The van der Waals surface area contributed by atoms with Crippen LogP contribution in [0.2, 0.25) is 0 Å². The summed E-state index contributed by atoms with van der Waals surface area (Å²) in [5, 5.41) is 25.0. The van der Waals surface area contributed by atoms with Gasteiger partial charge in [0.15, 0.2) is 0 Å². The smallest absolute Gasteiger partial charge is 0.227 e. The van der Waals surface area contributed by atoms with Crippen molar-refractivity contribution in [2.75, 3.05) is 26.2 Å². The maximum absolute atomic E-state index is 12.5. The fraction of sp³-hybridized carbons (Fsp3) is 0.700. The molecule has 4 N–H and O–H groups in total. The fourth-order valence-electron chi connectivity index (χ4n) is 4.93. The number of rotatable bonds is 17. The Morgan fingerprint density at radius 1 is 0.921 bits per heavy atom. The fourth-order valence-corrected chi connectivity index (χ4v) is 4.93. The molecule has 0 saturated carbocycles. The summed E-state index contributed by atoms with van der Waals surface area (Å²) in [7, 11) is 0. The van der Waals surface area contributed by atoms with Crippen molar-refractivity contribution in [2.24, 2.45) is 5.92 Å². The van der Waals surface area contributed by atoms with Crippen LogP contribution in [0.25, 0.3) is 0 Å². The first kappa shape index (κ1) is 31.8. The van der Waals surface area contributed by atoms with Gasteiger partial charge >= 0.3 is 0 Å². The summed E-state index contributed by atoms with van der Waals surface area (Å²) in [6.45, 7) is 7.73. The third kappa shape index (κ3) is 11.5. The molecule has 1 aromatic carbocycles. The first-order chi connectivity index (χ1) is 18.2. The average Bonchev–Trinajstić information content (AvgIpc) is 3.28. The monoisotopic (exact) mass is 531 g/mol. The number of benzene rings is 1. The van der Waals surface area contributed by atoms with E-state index in [4.69, 9.17) is 0 Å². The zero-order valence-corrected chi connectivity index (χ0v) is 23.6. The molecule has 0 radical (unpaired) electrons. The van der Waals surface area contributed by atoms with Crippen LogP contribution in [-0.2, 0) is 20.8 Å². The third-order valence-corrected chi connectivity index (χ3v) is 7.21. The number of amides is 3. The molecule has 1 saturated heterocycles. The summed E-state index contributed by atoms with van der Waals surface area (Å²) in [6, 6.07) is 8.05. The molecule has 8 nitrogen and oxygen atoms in total. The van der Waals surface area contributed by atoms with E-state index in [1.165, 1.54) is 5.56 Å². The van der Waals surface area contributed by atoms with Crippen LogP contribution in [0.1, 0.15) is 95.6 Å². The molecule has 8 heteroatoms. The SMILES string of the molecule is CC(C)Cc1ccc([C@H](C)C(=O)NCCCCCC(=O)NCCCCCC(=O)N2C[C@H](O)C[C@H]2CO)cc1. The number of aliphatic hydroxyl groups excluding tert-OH is 2. The average molecular weight is 532 g/mol. The molecule has 1 aromatic rings. The van der Waals surface area contributed by atoms with Gasteiger partial charge in [-0.15, -0.1) is 0 Å². The number of aliphatic hydroxyl groups is 2. The highest BCUT2D eigenvalue weighted by Gasteiger charge is 2.33. The second-order valence-corrected chi connectivity index (χ2v) is 11.1. The molecule has 0 aromatic heterocycles. The topological polar surface area (TPSA) is 119 Å². The Bertz CT molecular complexity index is 858. The highest BCUT2D eigenvalue weighted by atomic mass is 16.3. The highest BCUT2D eigenvalue weighted by Crippen LogP contribution is 2.20. The van der Waals surface area contributed by atoms with E-state index in [1.54, 1.807) is 4.90 Å². The molecule has 0 spiro atoms. The number of hydrogen-bond acceptors (Lipinski definition) is 5. The quantitative estimate of drug-likeness (QED) is 0.230. The molecular weight excluding hydrogens is 482 g/mol. The molecule has 2 rings (SSSR count). The predicted octanol–water partition coefficient (Wildman–Crippen LogP) is 3.30. The van der Waals surface area contributed by atoms with E-state index in [-0.39, 0.29) is 36.3 Å². The third-order valence-electron chi connectivity index (χ3n) is 7.21. The Labute approximate surface area is 228 Å². The van der Waals surface area contributed by atoms with Crippen molar-refractivity contribution in [1.82, 2.24) is 15.5 Å². The summed E-state index contributed by atoms with van der Waals surface area (Å²) in [6.07, 6.45) is 6.72. The van der Waals surface area contributed by atoms with Gasteiger partial charge < -0.3 is 25.7 Å². The first-order valence-electron chi connectivity index (χ1n) is 14.4. The molecule has 1 aliphatic heterocycles. The van der Waals surface area contributed by atoms with Crippen molar-refractivity contribution in [3.05, 3.63) is 35.4 Å². The van der Waals surface area contributed by atoms with Crippen molar-refractivity contribution in [3.8, 4) is 0 Å². The summed E-state index contributed by atoms with van der Waals surface area (Å²) in [5.74, 6) is 0.479. The van der Waals surface area contributed by atoms with Gasteiger partial charge in [-0.2, -0.15) is 0 Å². The van der Waals surface area contributed by atoms with E-state index in [0.29, 0.717) is 44.8 Å². The Morgan fingerprint density at radius 2 is 1.55 bits per heavy atom. The lowest BCUT2D eigenvalue weighted by atomic mass is 9.96. The van der Waals surface area contributed by atoms with Crippen LogP contribution in [-0.4, -0.2) is 71.2 Å². The van der Waals surface area contributed by atoms with Gasteiger partial charge in [0.1, 0.15) is 0 Å². The molecule has 38 heavy (non-hydrogen) atoms. The van der Waals surface area contributed by atoms with Crippen LogP contribution in [0, 0.1) is 5.92 Å². The van der Waals surface area contributed by atoms with Gasteiger partial charge in [-0.1, -0.05) is 51.0 Å². The number of carbonyl (C=O) groups excluding carboxylic acids is 3. The lowest BCUT2D eigenvalue weighted by molar-refractivity contribution is -0.133. The van der Waals surface area contributed by atoms with Gasteiger partial charge in [0.25, 0.3) is 0 Å². The molecule has 3 atom stereocenters. The normalized spacial score (nSPS) is 18.0. The van der Waals surface area contributed by atoms with Crippen LogP contribution in [0.15, 0.2) is 24.3 Å². The highest BCUT2D eigenvalue weighted by molar-refractivity contribution is 5.83. The lowest BCUT2D eigenvalue weighted by Gasteiger charge is -2.22. The van der Waals surface area contributed by atoms with Crippen molar-refractivity contribution < 1.29 is 24.6 Å². The summed E-state index contributed by atoms with van der Waals surface area (Å²) < 4.78 is 0. The van der Waals surface area contributed by atoms with Crippen molar-refractivity contribution in [2.45, 2.75) is 103 Å². The maximum Gasteiger partial charge on any atom is 0.227 e. The van der Waals surface area contributed by atoms with Crippen molar-refractivity contribution in [1.29, 1.82) is 0 Å². The first-order valence-corrected chi connectivity index (χ1v) is 14.4. The zero-order valence-electron chi connectivity index (χ0n) is 23.6. The molecule has 1 aliphatic rings. The molecule has 1 fully saturated rings. The van der Waals surface area contributed by atoms with Crippen LogP contribution in [0.5, 0.6) is 0 Å². The number of nitrogens with one attached hydrogen (secondary N) is 2. The zero-order chi connectivity index (χ0) is 27.9. The van der Waals surface area contributed by atoms with Crippen molar-refractivity contribution in [3.63, 3.8) is 0 Å². The summed E-state index contributed by atoms with van der Waals surface area (Å²) in [4.78, 5) is 38.4. The standard InChI is InChI=1S/C30H49N3O5/c1-22(2)18-24-12-14-25(15-13-24)23(3)30(38)32-17-9-4-6-10-28(36)31-16-8-5-7-11-29(37)33-20-27(35)19-26(33)21-34/h12-15,22-23,26-27,34-35H,4-11,16-21H2,1-3H3,(H,31,36)(H,32,38)/t23-,26-,27+/m0/s1. The van der Waals surface area contributed by atoms with Crippen molar-refractivity contribution >= 4 is 17.7 Å². The van der Waals surface area contributed by atoms with E-state index >= 15 is 0 Å². The number of nitrogens with zero attached hydrogens (tertiary/aromatic N) is 1. The van der Waals surface area contributed by atoms with Gasteiger partial charge in [0, 0.05) is 32.5 Å². The Morgan fingerprint density at radius 3 is 2.18 bits per heavy atom. The number of carbonyl (C=O) groups is 3. The second-order valence-electron chi connectivity index (χ2n) is 11.1. The van der Waals surface area contributed by atoms with Crippen LogP contribution < -0.4 is 10.6 Å². The van der Waals surface area contributed by atoms with Gasteiger partial charge in [0.05, 0.1) is 24.7 Å². The van der Waals surface area contributed by atoms with E-state index in [2.05, 4.69) is 36.6 Å². The second kappa shape index (κ2) is 17.2. The number of hydrogen-bond donors (Lipinski definition) is 4. The largest absolute Gasteiger partial charge is 0.394 e. The van der Waals surface area contributed by atoms with E-state index in [9.17, 15) is 24.6 Å². The summed E-state index contributed by atoms with van der Waals surface area (Å²) in [5.41, 5.74) is 2.32. The molecule has 1 heterocycles. The number of unbranched alkanes of at least 4 members (excludes halogenated alkanes) is 4. The molecule has 0 aliphatic carbocycles. The Hall–Kier alpha value is -2.45. The molecule has 0 unspecified atom stereocenters. The summed E-state index contributed by atoms with van der Waals surface area (Å²) >= 11 is 0. The van der Waals surface area contributed by atoms with Gasteiger partial charge in [-0.05, 0) is 62.5 Å². The minimum Gasteiger partial charge on any atom is -0.394 e. The minimum atomic E-state index is -0.545. The van der Waals surface area contributed by atoms with E-state index in [0.717, 1.165) is 50.5 Å². The van der Waals surface area contributed by atoms with Gasteiger partial charge in [-0.25, -0.2) is 0 Å². The Kier molecular flexibility index (Phi) is 14.4. The molecule has 3 amide bonds. The van der Waals surface area contributed by atoms with Crippen LogP contribution >= 0.6 is 0 Å².